The Morgan fingerprint density at radius 2 is 1.89 bits per heavy atom. The zero-order chi connectivity index (χ0) is 13.9. The lowest BCUT2D eigenvalue weighted by atomic mass is 9.70. The third kappa shape index (κ3) is 3.50. The first kappa shape index (κ1) is 14.8. The number of hydrogen-bond donors (Lipinski definition) is 1. The summed E-state index contributed by atoms with van der Waals surface area (Å²) in [7, 11) is 0. The van der Waals surface area contributed by atoms with Crippen molar-refractivity contribution in [3.05, 3.63) is 0 Å². The van der Waals surface area contributed by atoms with Gasteiger partial charge < -0.3 is 10.6 Å². The van der Waals surface area contributed by atoms with E-state index >= 15 is 0 Å². The monoisotopic (exact) mass is 266 g/mol. The van der Waals surface area contributed by atoms with E-state index in [9.17, 15) is 4.79 Å². The molecule has 3 heteroatoms. The highest BCUT2D eigenvalue weighted by molar-refractivity contribution is 5.83. The summed E-state index contributed by atoms with van der Waals surface area (Å²) >= 11 is 0. The van der Waals surface area contributed by atoms with Crippen molar-refractivity contribution in [1.29, 1.82) is 0 Å². The van der Waals surface area contributed by atoms with Gasteiger partial charge in [0.15, 0.2) is 0 Å². The molecule has 0 aromatic carbocycles. The van der Waals surface area contributed by atoms with Crippen molar-refractivity contribution in [2.24, 2.45) is 23.0 Å². The van der Waals surface area contributed by atoms with Crippen LogP contribution in [0.15, 0.2) is 0 Å². The highest BCUT2D eigenvalue weighted by Crippen LogP contribution is 2.40. The van der Waals surface area contributed by atoms with E-state index in [0.29, 0.717) is 12.5 Å². The minimum atomic E-state index is -0.240. The first-order valence-corrected chi connectivity index (χ1v) is 8.10. The van der Waals surface area contributed by atoms with Crippen LogP contribution in [-0.4, -0.2) is 30.4 Å². The molecular formula is C16H30N2O. The predicted molar refractivity (Wildman–Crippen MR) is 78.7 cm³/mol. The van der Waals surface area contributed by atoms with E-state index < -0.39 is 0 Å². The Hall–Kier alpha value is -0.570. The molecule has 2 saturated carbocycles. The third-order valence-corrected chi connectivity index (χ3v) is 5.03. The lowest BCUT2D eigenvalue weighted by molar-refractivity contribution is -0.144. The van der Waals surface area contributed by atoms with Crippen LogP contribution >= 0.6 is 0 Å². The molecule has 0 radical (unpaired) electrons. The Balaban J connectivity index is 2.03. The van der Waals surface area contributed by atoms with Crippen LogP contribution in [-0.2, 0) is 4.79 Å². The molecule has 0 atom stereocenters. The summed E-state index contributed by atoms with van der Waals surface area (Å²) in [6.45, 7) is 6.87. The van der Waals surface area contributed by atoms with Crippen molar-refractivity contribution in [3.63, 3.8) is 0 Å². The fourth-order valence-electron chi connectivity index (χ4n) is 3.31. The van der Waals surface area contributed by atoms with Gasteiger partial charge >= 0.3 is 0 Å². The molecule has 2 aliphatic rings. The molecule has 0 heterocycles. The smallest absolute Gasteiger partial charge is 0.230 e. The molecule has 110 valence electrons. The molecule has 0 aromatic heterocycles. The molecule has 0 aromatic rings. The summed E-state index contributed by atoms with van der Waals surface area (Å²) in [5.74, 6) is 1.89. The molecule has 0 unspecified atom stereocenters. The lowest BCUT2D eigenvalue weighted by Crippen LogP contribution is -2.50. The minimum absolute atomic E-state index is 0.240. The summed E-state index contributed by atoms with van der Waals surface area (Å²) in [5, 5.41) is 0. The van der Waals surface area contributed by atoms with Gasteiger partial charge in [-0.15, -0.1) is 0 Å². The Kier molecular flexibility index (Phi) is 4.88. The molecule has 0 aliphatic heterocycles. The number of rotatable bonds is 6. The van der Waals surface area contributed by atoms with E-state index in [1.165, 1.54) is 12.8 Å². The van der Waals surface area contributed by atoms with Crippen molar-refractivity contribution in [2.45, 2.75) is 58.8 Å². The van der Waals surface area contributed by atoms with Crippen LogP contribution in [0.4, 0.5) is 0 Å². The third-order valence-electron chi connectivity index (χ3n) is 5.03. The molecule has 2 N–H and O–H groups in total. The average molecular weight is 266 g/mol. The summed E-state index contributed by atoms with van der Waals surface area (Å²) < 4.78 is 0. The standard InChI is InChI=1S/C16H30N2O/c1-3-10-18(11-14-4-5-14)15(19)16(12-17)8-6-13(2)7-9-16/h13-14H,3-12,17H2,1-2H3. The number of nitrogens with two attached hydrogens (primary N) is 1. The van der Waals surface area contributed by atoms with Gasteiger partial charge in [-0.2, -0.15) is 0 Å². The summed E-state index contributed by atoms with van der Waals surface area (Å²) in [5.41, 5.74) is 5.78. The fraction of sp³-hybridized carbons (Fsp3) is 0.938. The Labute approximate surface area is 117 Å². The average Bonchev–Trinajstić information content (AvgIpc) is 3.23. The molecule has 0 spiro atoms. The van der Waals surface area contributed by atoms with Gasteiger partial charge in [0.25, 0.3) is 0 Å². The zero-order valence-electron chi connectivity index (χ0n) is 12.7. The van der Waals surface area contributed by atoms with Gasteiger partial charge in [-0.05, 0) is 56.8 Å². The first-order valence-electron chi connectivity index (χ1n) is 8.10. The van der Waals surface area contributed by atoms with Gasteiger partial charge in [0.1, 0.15) is 0 Å². The van der Waals surface area contributed by atoms with Crippen LogP contribution in [0.1, 0.15) is 58.8 Å². The van der Waals surface area contributed by atoms with E-state index in [4.69, 9.17) is 5.73 Å². The van der Waals surface area contributed by atoms with E-state index in [-0.39, 0.29) is 5.41 Å². The second kappa shape index (κ2) is 6.25. The summed E-state index contributed by atoms with van der Waals surface area (Å²) in [6, 6.07) is 0. The lowest BCUT2D eigenvalue weighted by Gasteiger charge is -2.40. The van der Waals surface area contributed by atoms with Crippen LogP contribution < -0.4 is 5.73 Å². The van der Waals surface area contributed by atoms with Crippen molar-refractivity contribution in [2.75, 3.05) is 19.6 Å². The summed E-state index contributed by atoms with van der Waals surface area (Å²) in [6.07, 6.45) is 7.97. The van der Waals surface area contributed by atoms with Crippen LogP contribution in [0.25, 0.3) is 0 Å². The molecule has 0 bridgehead atoms. The van der Waals surface area contributed by atoms with Crippen LogP contribution in [0.2, 0.25) is 0 Å². The largest absolute Gasteiger partial charge is 0.342 e. The summed E-state index contributed by atoms with van der Waals surface area (Å²) in [4.78, 5) is 15.1. The van der Waals surface area contributed by atoms with Gasteiger partial charge in [-0.1, -0.05) is 13.8 Å². The van der Waals surface area contributed by atoms with Crippen molar-refractivity contribution >= 4 is 5.91 Å². The number of hydrogen-bond acceptors (Lipinski definition) is 2. The number of amides is 1. The number of carbonyl (C=O) groups excluding carboxylic acids is 1. The van der Waals surface area contributed by atoms with Gasteiger partial charge in [0, 0.05) is 19.6 Å². The van der Waals surface area contributed by atoms with Gasteiger partial charge in [0.05, 0.1) is 5.41 Å². The van der Waals surface area contributed by atoms with Crippen LogP contribution in [0.3, 0.4) is 0 Å². The first-order chi connectivity index (χ1) is 9.11. The molecule has 3 nitrogen and oxygen atoms in total. The minimum Gasteiger partial charge on any atom is -0.342 e. The molecule has 19 heavy (non-hydrogen) atoms. The van der Waals surface area contributed by atoms with Gasteiger partial charge in [-0.3, -0.25) is 4.79 Å². The van der Waals surface area contributed by atoms with Gasteiger partial charge in [-0.25, -0.2) is 0 Å². The molecule has 1 amide bonds. The van der Waals surface area contributed by atoms with E-state index in [0.717, 1.165) is 57.0 Å². The van der Waals surface area contributed by atoms with E-state index in [1.54, 1.807) is 0 Å². The maximum atomic E-state index is 13.0. The number of nitrogens with zero attached hydrogens (tertiary/aromatic N) is 1. The molecule has 2 aliphatic carbocycles. The van der Waals surface area contributed by atoms with Crippen LogP contribution in [0.5, 0.6) is 0 Å². The molecular weight excluding hydrogens is 236 g/mol. The quantitative estimate of drug-likeness (QED) is 0.803. The normalized spacial score (nSPS) is 31.2. The second-order valence-electron chi connectivity index (χ2n) is 6.86. The maximum Gasteiger partial charge on any atom is 0.230 e. The zero-order valence-corrected chi connectivity index (χ0v) is 12.7. The Morgan fingerprint density at radius 1 is 1.26 bits per heavy atom. The molecule has 0 saturated heterocycles. The van der Waals surface area contributed by atoms with Crippen molar-refractivity contribution in [3.8, 4) is 0 Å². The second-order valence-corrected chi connectivity index (χ2v) is 6.86. The molecule has 2 rings (SSSR count). The highest BCUT2D eigenvalue weighted by Gasteiger charge is 2.42. The highest BCUT2D eigenvalue weighted by atomic mass is 16.2. The number of carbonyl (C=O) groups is 1. The van der Waals surface area contributed by atoms with E-state index in [1.807, 2.05) is 0 Å². The SMILES string of the molecule is CCCN(CC1CC1)C(=O)C1(CN)CCC(C)CC1. The molecule has 2 fully saturated rings. The van der Waals surface area contributed by atoms with Gasteiger partial charge in [0.2, 0.25) is 5.91 Å². The Bertz CT molecular complexity index is 304. The fourth-order valence-corrected chi connectivity index (χ4v) is 3.31. The van der Waals surface area contributed by atoms with Crippen molar-refractivity contribution < 1.29 is 4.79 Å². The predicted octanol–water partition coefficient (Wildman–Crippen LogP) is 2.79. The van der Waals surface area contributed by atoms with E-state index in [2.05, 4.69) is 18.7 Å². The topological polar surface area (TPSA) is 46.3 Å². The maximum absolute atomic E-state index is 13.0. The van der Waals surface area contributed by atoms with Crippen molar-refractivity contribution in [1.82, 2.24) is 4.90 Å². The van der Waals surface area contributed by atoms with Crippen LogP contribution in [0, 0.1) is 17.3 Å². The Morgan fingerprint density at radius 3 is 2.37 bits per heavy atom.